The molecule has 2 unspecified atom stereocenters. The van der Waals surface area contributed by atoms with Crippen LogP contribution in [0.2, 0.25) is 0 Å². The first-order chi connectivity index (χ1) is 23.8. The Labute approximate surface area is 302 Å². The number of amides is 1. The minimum Gasteiger partial charge on any atom is -0.387 e. The van der Waals surface area contributed by atoms with E-state index in [0.29, 0.717) is 12.8 Å². The van der Waals surface area contributed by atoms with Gasteiger partial charge in [-0.15, -0.1) is 0 Å². The smallest absolute Gasteiger partial charge is 0.267 e. The molecule has 7 heteroatoms. The van der Waals surface area contributed by atoms with Gasteiger partial charge in [0.2, 0.25) is 5.91 Å². The fourth-order valence-electron chi connectivity index (χ4n) is 5.47. The Morgan fingerprint density at radius 1 is 0.571 bits per heavy atom. The average Bonchev–Trinajstić information content (AvgIpc) is 3.06. The molecule has 0 heterocycles. The fourth-order valence-corrected chi connectivity index (χ4v) is 6.21. The van der Waals surface area contributed by atoms with Crippen LogP contribution in [0.25, 0.3) is 0 Å². The van der Waals surface area contributed by atoms with Crippen LogP contribution in [0.3, 0.4) is 0 Å². The summed E-state index contributed by atoms with van der Waals surface area (Å²) in [7, 11) is -4.38. The molecule has 2 atom stereocenters. The van der Waals surface area contributed by atoms with Crippen LogP contribution in [-0.2, 0) is 14.9 Å². The molecule has 0 rings (SSSR count). The van der Waals surface area contributed by atoms with Crippen LogP contribution in [0.4, 0.5) is 0 Å². The van der Waals surface area contributed by atoms with Gasteiger partial charge in [-0.3, -0.25) is 9.35 Å². The third-order valence-corrected chi connectivity index (χ3v) is 9.16. The second kappa shape index (κ2) is 35.6. The lowest BCUT2D eigenvalue weighted by Crippen LogP contribution is -2.46. The lowest BCUT2D eigenvalue weighted by molar-refractivity contribution is -0.122. The van der Waals surface area contributed by atoms with Gasteiger partial charge in [0.15, 0.2) is 0 Å². The Bertz CT molecular complexity index is 1040. The molecule has 0 aliphatic rings. The number of hydrogen-bond donors (Lipinski definition) is 3. The van der Waals surface area contributed by atoms with Gasteiger partial charge in [0.05, 0.1) is 17.9 Å². The summed E-state index contributed by atoms with van der Waals surface area (Å²) < 4.78 is 32.4. The maximum absolute atomic E-state index is 12.4. The Morgan fingerprint density at radius 3 is 1.51 bits per heavy atom. The third kappa shape index (κ3) is 36.9. The molecular weight excluding hydrogens is 631 g/mol. The zero-order valence-corrected chi connectivity index (χ0v) is 32.1. The van der Waals surface area contributed by atoms with Gasteiger partial charge in [-0.2, -0.15) is 8.42 Å². The summed E-state index contributed by atoms with van der Waals surface area (Å²) in [6, 6.07) is -1.11. The van der Waals surface area contributed by atoms with Gasteiger partial charge in [0, 0.05) is 6.42 Å². The highest BCUT2D eigenvalue weighted by atomic mass is 32.2. The number of rotatable bonds is 34. The molecule has 0 bridgehead atoms. The lowest BCUT2D eigenvalue weighted by atomic mass is 10.0. The van der Waals surface area contributed by atoms with Crippen molar-refractivity contribution in [1.29, 1.82) is 0 Å². The summed E-state index contributed by atoms with van der Waals surface area (Å²) in [6.45, 7) is 4.39. The molecule has 0 saturated heterocycles. The van der Waals surface area contributed by atoms with Gasteiger partial charge < -0.3 is 10.4 Å². The minimum absolute atomic E-state index is 0.163. The van der Waals surface area contributed by atoms with Crippen molar-refractivity contribution in [2.24, 2.45) is 0 Å². The molecule has 0 fully saturated rings. The summed E-state index contributed by atoms with van der Waals surface area (Å²) in [5, 5.41) is 13.1. The monoisotopic (exact) mass is 704 g/mol. The Balaban J connectivity index is 4.06. The highest BCUT2D eigenvalue weighted by Gasteiger charge is 2.24. The van der Waals surface area contributed by atoms with E-state index >= 15 is 0 Å². The fraction of sp³-hybridized carbons (Fsp3) is 0.690. The maximum Gasteiger partial charge on any atom is 0.267 e. The van der Waals surface area contributed by atoms with Crippen molar-refractivity contribution in [2.45, 2.75) is 180 Å². The first kappa shape index (κ1) is 46.8. The third-order valence-electron chi connectivity index (χ3n) is 8.38. The van der Waals surface area contributed by atoms with E-state index in [-0.39, 0.29) is 12.3 Å². The van der Waals surface area contributed by atoms with Crippen LogP contribution in [0.15, 0.2) is 72.9 Å². The number of aliphatic hydroxyl groups is 1. The molecule has 0 radical (unpaired) electrons. The Hall–Kier alpha value is -2.22. The first-order valence-corrected chi connectivity index (χ1v) is 21.2. The van der Waals surface area contributed by atoms with E-state index in [1.807, 2.05) is 12.2 Å². The second-order valence-corrected chi connectivity index (χ2v) is 14.7. The van der Waals surface area contributed by atoms with Crippen LogP contribution in [0.5, 0.6) is 0 Å². The molecule has 0 aromatic heterocycles. The van der Waals surface area contributed by atoms with Crippen LogP contribution in [0.1, 0.15) is 168 Å². The molecule has 1 amide bonds. The average molecular weight is 704 g/mol. The van der Waals surface area contributed by atoms with Gasteiger partial charge >= 0.3 is 0 Å². The van der Waals surface area contributed by atoms with E-state index in [2.05, 4.69) is 67.8 Å². The summed E-state index contributed by atoms with van der Waals surface area (Å²) in [5.41, 5.74) is 0. The van der Waals surface area contributed by atoms with E-state index in [0.717, 1.165) is 38.5 Å². The molecule has 49 heavy (non-hydrogen) atoms. The molecule has 0 spiro atoms. The van der Waals surface area contributed by atoms with E-state index in [4.69, 9.17) is 0 Å². The highest BCUT2D eigenvalue weighted by Crippen LogP contribution is 2.14. The van der Waals surface area contributed by atoms with Gasteiger partial charge in [-0.1, -0.05) is 177 Å². The quantitative estimate of drug-likeness (QED) is 0.0351. The van der Waals surface area contributed by atoms with E-state index in [9.17, 15) is 22.9 Å². The minimum atomic E-state index is -4.38. The van der Waals surface area contributed by atoms with Crippen molar-refractivity contribution in [3.05, 3.63) is 72.9 Å². The van der Waals surface area contributed by atoms with Crippen LogP contribution in [-0.4, -0.2) is 41.9 Å². The van der Waals surface area contributed by atoms with E-state index in [1.165, 1.54) is 102 Å². The van der Waals surface area contributed by atoms with E-state index in [1.54, 1.807) is 6.08 Å². The topological polar surface area (TPSA) is 104 Å². The maximum atomic E-state index is 12.4. The second-order valence-electron chi connectivity index (χ2n) is 13.2. The number of carbonyl (C=O) groups excluding carboxylic acids is 1. The van der Waals surface area contributed by atoms with Crippen molar-refractivity contribution in [2.75, 3.05) is 5.75 Å². The van der Waals surface area contributed by atoms with Crippen LogP contribution < -0.4 is 5.32 Å². The summed E-state index contributed by atoms with van der Waals surface area (Å²) in [4.78, 5) is 12.4. The molecule has 6 nitrogen and oxygen atoms in total. The number of unbranched alkanes of at least 4 members (excludes halogenated alkanes) is 16. The van der Waals surface area contributed by atoms with Crippen molar-refractivity contribution in [3.8, 4) is 0 Å². The Morgan fingerprint density at radius 2 is 1.00 bits per heavy atom. The zero-order valence-electron chi connectivity index (χ0n) is 31.3. The highest BCUT2D eigenvalue weighted by molar-refractivity contribution is 7.85. The standard InChI is InChI=1S/C42H73NO5S/c1-3-5-7-9-11-13-15-17-18-19-20-21-22-23-24-26-27-29-31-33-35-37-41(44)40(39-49(46,47)48)43-42(45)38-36-34-32-30-28-25-16-14-12-10-8-6-4-2/h6,8,12,14,25,27-29,32,34-35,37,40-41,44H,3-5,7,9-11,13,15-24,26,30-31,33,36,38-39H2,1-2H3,(H,43,45)(H,46,47,48)/b8-6-,14-12-,28-25-,29-27+,34-32-,37-35+. The van der Waals surface area contributed by atoms with E-state index < -0.39 is 28.0 Å². The molecular formula is C42H73NO5S. The summed E-state index contributed by atoms with van der Waals surface area (Å²) in [6.07, 6.45) is 50.6. The van der Waals surface area contributed by atoms with Crippen molar-refractivity contribution in [3.63, 3.8) is 0 Å². The summed E-state index contributed by atoms with van der Waals surface area (Å²) >= 11 is 0. The molecule has 0 saturated carbocycles. The van der Waals surface area contributed by atoms with Gasteiger partial charge in [0.1, 0.15) is 0 Å². The van der Waals surface area contributed by atoms with Crippen molar-refractivity contribution >= 4 is 16.0 Å². The SMILES string of the molecule is CC/C=C\C/C=C\C/C=C\C/C=C\CCC(=O)NC(CS(=O)(=O)O)C(O)/C=C/CC/C=C/CCCCCCCCCCCCCCCCC. The predicted molar refractivity (Wildman–Crippen MR) is 211 cm³/mol. The molecule has 0 aromatic carbocycles. The van der Waals surface area contributed by atoms with Crippen molar-refractivity contribution < 1.29 is 22.9 Å². The van der Waals surface area contributed by atoms with Gasteiger partial charge in [-0.05, 0) is 57.8 Å². The number of nitrogens with one attached hydrogen (secondary N) is 1. The zero-order chi connectivity index (χ0) is 36.1. The van der Waals surface area contributed by atoms with Crippen molar-refractivity contribution in [1.82, 2.24) is 5.32 Å². The largest absolute Gasteiger partial charge is 0.387 e. The number of carbonyl (C=O) groups is 1. The van der Waals surface area contributed by atoms with Crippen LogP contribution >= 0.6 is 0 Å². The molecule has 3 N–H and O–H groups in total. The molecule has 0 aliphatic carbocycles. The summed E-state index contributed by atoms with van der Waals surface area (Å²) in [5.74, 6) is -1.11. The predicted octanol–water partition coefficient (Wildman–Crippen LogP) is 11.5. The first-order valence-electron chi connectivity index (χ1n) is 19.6. The normalized spacial score (nSPS) is 14.1. The van der Waals surface area contributed by atoms with Gasteiger partial charge in [-0.25, -0.2) is 0 Å². The number of allylic oxidation sites excluding steroid dienone is 11. The molecule has 0 aromatic rings. The molecule has 282 valence electrons. The Kier molecular flexibility index (Phi) is 34.0. The van der Waals surface area contributed by atoms with Crippen LogP contribution in [0, 0.1) is 0 Å². The number of hydrogen-bond acceptors (Lipinski definition) is 4. The molecule has 0 aliphatic heterocycles. The number of aliphatic hydroxyl groups excluding tert-OH is 1. The lowest BCUT2D eigenvalue weighted by Gasteiger charge is -2.20. The van der Waals surface area contributed by atoms with Gasteiger partial charge in [0.25, 0.3) is 10.1 Å².